The number of rotatable bonds is 6. The summed E-state index contributed by atoms with van der Waals surface area (Å²) < 4.78 is 22.9. The molecule has 0 unspecified atom stereocenters. The van der Waals surface area contributed by atoms with Gasteiger partial charge in [0, 0.05) is 0 Å². The van der Waals surface area contributed by atoms with Gasteiger partial charge in [0.15, 0.2) is 4.77 Å². The Balaban J connectivity index is 4.85. The third-order valence-electron chi connectivity index (χ3n) is 1.26. The fraction of sp³-hybridized carbons (Fsp3) is 0.778. The van der Waals surface area contributed by atoms with Gasteiger partial charge in [0.25, 0.3) is 0 Å². The molecule has 0 radical (unpaired) electrons. The number of hydrogen-bond acceptors (Lipinski definition) is 3. The van der Waals surface area contributed by atoms with Gasteiger partial charge < -0.3 is 14.4 Å². The molecular formula is C9H20ClNO3P+. The van der Waals surface area contributed by atoms with Crippen LogP contribution >= 0.6 is 19.2 Å². The summed E-state index contributed by atoms with van der Waals surface area (Å²) in [6.07, 6.45) is 1.13. The highest BCUT2D eigenvalue weighted by atomic mass is 35.5. The molecule has 4 nitrogen and oxygen atoms in total. The molecule has 0 aromatic heterocycles. The summed E-state index contributed by atoms with van der Waals surface area (Å²) in [6, 6.07) is 0. The summed E-state index contributed by atoms with van der Waals surface area (Å²) in [7, 11) is -1.55. The summed E-state index contributed by atoms with van der Waals surface area (Å²) >= 11 is 5.89. The van der Waals surface area contributed by atoms with Gasteiger partial charge >= 0.3 is 7.60 Å². The maximum absolute atomic E-state index is 12.3. The fourth-order valence-electron chi connectivity index (χ4n) is 0.909. The second-order valence-corrected chi connectivity index (χ2v) is 6.20. The van der Waals surface area contributed by atoms with E-state index in [1.54, 1.807) is 40.1 Å². The van der Waals surface area contributed by atoms with E-state index in [1.807, 2.05) is 0 Å². The number of hydrogen-bond donors (Lipinski definition) is 1. The molecule has 0 aromatic carbocycles. The maximum Gasteiger partial charge on any atom is 0.378 e. The minimum atomic E-state index is -3.34. The fourth-order valence-corrected chi connectivity index (χ4v) is 2.97. The minimum absolute atomic E-state index is 0.118. The zero-order chi connectivity index (χ0) is 12.1. The van der Waals surface area contributed by atoms with Gasteiger partial charge in [0.05, 0.1) is 19.3 Å². The molecule has 0 saturated carbocycles. The summed E-state index contributed by atoms with van der Waals surface area (Å²) in [4.78, 5) is 0. The summed E-state index contributed by atoms with van der Waals surface area (Å²) in [6.45, 7) is 7.15. The van der Waals surface area contributed by atoms with Crippen LogP contribution in [0.4, 0.5) is 0 Å². The van der Waals surface area contributed by atoms with Gasteiger partial charge in [0.1, 0.15) is 6.20 Å². The topological polar surface area (TPSA) is 52.1 Å². The molecule has 0 spiro atoms. The molecule has 0 aromatic rings. The largest absolute Gasteiger partial charge is 0.378 e. The lowest BCUT2D eigenvalue weighted by Crippen LogP contribution is -2.72. The minimum Gasteiger partial charge on any atom is -0.321 e. The van der Waals surface area contributed by atoms with Crippen LogP contribution in [0.3, 0.4) is 0 Å². The first-order chi connectivity index (χ1) is 6.81. The third kappa shape index (κ3) is 5.69. The van der Waals surface area contributed by atoms with E-state index in [0.29, 0.717) is 0 Å². The molecule has 0 aliphatic carbocycles. The standard InChI is InChI=1S/C9H19ClNO3P/c1-7(2)13-15(12,14-8(3)4)9(10)6-11-5/h6-8,11H,1-5H3/p+1/b9-6+. The second-order valence-electron chi connectivity index (χ2n) is 3.63. The van der Waals surface area contributed by atoms with Crippen LogP contribution in [0.1, 0.15) is 27.7 Å². The number of halogens is 1. The van der Waals surface area contributed by atoms with Crippen LogP contribution in [0, 0.1) is 0 Å². The SMILES string of the molecule is C[NH2+]/C=C(\Cl)P(=O)(OC(C)C)OC(C)C. The van der Waals surface area contributed by atoms with E-state index >= 15 is 0 Å². The highest BCUT2D eigenvalue weighted by Crippen LogP contribution is 2.59. The van der Waals surface area contributed by atoms with Gasteiger partial charge in [-0.25, -0.2) is 0 Å². The molecule has 0 atom stereocenters. The molecule has 0 heterocycles. The zero-order valence-corrected chi connectivity index (χ0v) is 11.5. The van der Waals surface area contributed by atoms with Crippen molar-refractivity contribution < 1.29 is 18.9 Å². The van der Waals surface area contributed by atoms with E-state index < -0.39 is 7.60 Å². The molecule has 0 saturated heterocycles. The molecule has 0 amide bonds. The first-order valence-electron chi connectivity index (χ1n) is 4.94. The van der Waals surface area contributed by atoms with E-state index in [0.717, 1.165) is 0 Å². The molecule has 0 bridgehead atoms. The van der Waals surface area contributed by atoms with Crippen molar-refractivity contribution >= 4 is 19.2 Å². The normalized spacial score (nSPS) is 14.0. The van der Waals surface area contributed by atoms with Crippen molar-refractivity contribution in [3.05, 3.63) is 11.0 Å². The van der Waals surface area contributed by atoms with Crippen LogP contribution < -0.4 is 5.32 Å². The van der Waals surface area contributed by atoms with Gasteiger partial charge in [-0.3, -0.25) is 4.57 Å². The Labute approximate surface area is 96.5 Å². The summed E-state index contributed by atoms with van der Waals surface area (Å²) in [5.41, 5.74) is 0. The molecule has 0 aliphatic rings. The van der Waals surface area contributed by atoms with Crippen molar-refractivity contribution in [3.63, 3.8) is 0 Å². The van der Waals surface area contributed by atoms with Crippen LogP contribution in [0.15, 0.2) is 11.0 Å². The van der Waals surface area contributed by atoms with E-state index in [2.05, 4.69) is 0 Å². The summed E-state index contributed by atoms with van der Waals surface area (Å²) in [5.74, 6) is 0. The molecule has 6 heteroatoms. The van der Waals surface area contributed by atoms with Crippen molar-refractivity contribution in [2.75, 3.05) is 7.05 Å². The molecule has 2 N–H and O–H groups in total. The summed E-state index contributed by atoms with van der Waals surface area (Å²) in [5, 5.41) is 1.70. The average molecular weight is 257 g/mol. The number of nitrogens with two attached hydrogens (primary N) is 1. The molecule has 0 fully saturated rings. The van der Waals surface area contributed by atoms with Crippen LogP contribution in [-0.2, 0) is 13.6 Å². The van der Waals surface area contributed by atoms with E-state index in [-0.39, 0.29) is 17.0 Å². The quantitative estimate of drug-likeness (QED) is 0.742. The van der Waals surface area contributed by atoms with Crippen molar-refractivity contribution in [2.24, 2.45) is 0 Å². The maximum atomic E-state index is 12.3. The van der Waals surface area contributed by atoms with Crippen LogP contribution in [0.2, 0.25) is 0 Å². The first-order valence-corrected chi connectivity index (χ1v) is 6.86. The predicted octanol–water partition coefficient (Wildman–Crippen LogP) is 2.26. The second kappa shape index (κ2) is 6.66. The first kappa shape index (κ1) is 15.1. The van der Waals surface area contributed by atoms with E-state index in [1.165, 1.54) is 6.20 Å². The van der Waals surface area contributed by atoms with E-state index in [4.69, 9.17) is 20.6 Å². The Morgan fingerprint density at radius 1 is 1.27 bits per heavy atom. The Morgan fingerprint density at radius 2 is 1.67 bits per heavy atom. The molecule has 90 valence electrons. The monoisotopic (exact) mass is 256 g/mol. The van der Waals surface area contributed by atoms with Crippen molar-refractivity contribution in [3.8, 4) is 0 Å². The van der Waals surface area contributed by atoms with Crippen LogP contribution in [-0.4, -0.2) is 19.3 Å². The lowest BCUT2D eigenvalue weighted by Gasteiger charge is -2.21. The molecule has 0 rings (SSSR count). The molecule has 0 aliphatic heterocycles. The lowest BCUT2D eigenvalue weighted by atomic mass is 10.5. The van der Waals surface area contributed by atoms with Crippen LogP contribution in [0.5, 0.6) is 0 Å². The third-order valence-corrected chi connectivity index (χ3v) is 4.08. The molecular weight excluding hydrogens is 237 g/mol. The highest BCUT2D eigenvalue weighted by molar-refractivity contribution is 7.61. The van der Waals surface area contributed by atoms with Crippen molar-refractivity contribution in [1.29, 1.82) is 0 Å². The van der Waals surface area contributed by atoms with E-state index in [9.17, 15) is 4.57 Å². The Kier molecular flexibility index (Phi) is 6.73. The molecule has 15 heavy (non-hydrogen) atoms. The van der Waals surface area contributed by atoms with Crippen molar-refractivity contribution in [2.45, 2.75) is 39.9 Å². The van der Waals surface area contributed by atoms with Crippen molar-refractivity contribution in [1.82, 2.24) is 0 Å². The smallest absolute Gasteiger partial charge is 0.321 e. The average Bonchev–Trinajstić information content (AvgIpc) is 2.01. The lowest BCUT2D eigenvalue weighted by molar-refractivity contribution is -0.556. The Morgan fingerprint density at radius 3 is 1.93 bits per heavy atom. The highest BCUT2D eigenvalue weighted by Gasteiger charge is 2.33. The van der Waals surface area contributed by atoms with Gasteiger partial charge in [-0.05, 0) is 27.7 Å². The van der Waals surface area contributed by atoms with Gasteiger partial charge in [-0.1, -0.05) is 11.6 Å². The van der Waals surface area contributed by atoms with Crippen LogP contribution in [0.25, 0.3) is 0 Å². The number of quaternary nitrogens is 1. The Hall–Kier alpha value is 0.140. The zero-order valence-electron chi connectivity index (χ0n) is 9.86. The van der Waals surface area contributed by atoms with Gasteiger partial charge in [-0.2, -0.15) is 0 Å². The Bertz CT molecular complexity index is 252. The van der Waals surface area contributed by atoms with Gasteiger partial charge in [-0.15, -0.1) is 0 Å². The predicted molar refractivity (Wildman–Crippen MR) is 61.8 cm³/mol. The van der Waals surface area contributed by atoms with Gasteiger partial charge in [0.2, 0.25) is 0 Å².